The Morgan fingerprint density at radius 3 is 2.52 bits per heavy atom. The smallest absolute Gasteiger partial charge is 0.335 e. The Hall–Kier alpha value is -2.76. The van der Waals surface area contributed by atoms with Gasteiger partial charge in [-0.2, -0.15) is 5.10 Å². The minimum Gasteiger partial charge on any atom is -0.478 e. The molecule has 0 bridgehead atoms. The molecule has 1 heterocycles. The lowest BCUT2D eigenvalue weighted by atomic mass is 10.2. The average molecular weight is 375 g/mol. The molecule has 0 unspecified atom stereocenters. The van der Waals surface area contributed by atoms with Gasteiger partial charge in [-0.1, -0.05) is 23.2 Å². The summed E-state index contributed by atoms with van der Waals surface area (Å²) in [6, 6.07) is 15.0. The molecule has 0 amide bonds. The van der Waals surface area contributed by atoms with Crippen LogP contribution in [0.15, 0.2) is 64.1 Å². The molecule has 7 heteroatoms. The molecular weight excluding hydrogens is 363 g/mol. The quantitative estimate of drug-likeness (QED) is 0.463. The predicted octanol–water partition coefficient (Wildman–Crippen LogP) is 5.40. The van der Waals surface area contributed by atoms with Crippen LogP contribution in [-0.4, -0.2) is 17.3 Å². The second-order valence-electron chi connectivity index (χ2n) is 5.08. The van der Waals surface area contributed by atoms with Crippen LogP contribution in [0.5, 0.6) is 0 Å². The van der Waals surface area contributed by atoms with Gasteiger partial charge < -0.3 is 9.52 Å². The normalized spacial score (nSPS) is 11.0. The highest BCUT2D eigenvalue weighted by atomic mass is 35.5. The zero-order valence-corrected chi connectivity index (χ0v) is 14.3. The van der Waals surface area contributed by atoms with Crippen molar-refractivity contribution < 1.29 is 14.3 Å². The second-order valence-corrected chi connectivity index (χ2v) is 5.92. The van der Waals surface area contributed by atoms with Crippen LogP contribution in [0.2, 0.25) is 10.0 Å². The van der Waals surface area contributed by atoms with Gasteiger partial charge in [0.1, 0.15) is 11.5 Å². The first kappa shape index (κ1) is 17.1. The molecule has 0 atom stereocenters. The van der Waals surface area contributed by atoms with Crippen molar-refractivity contribution in [3.63, 3.8) is 0 Å². The minimum absolute atomic E-state index is 0.213. The molecule has 0 saturated heterocycles. The van der Waals surface area contributed by atoms with E-state index in [1.54, 1.807) is 42.5 Å². The third-order valence-corrected chi connectivity index (χ3v) is 3.89. The Kier molecular flexibility index (Phi) is 5.07. The number of carboxylic acids is 1. The summed E-state index contributed by atoms with van der Waals surface area (Å²) in [5, 5.41) is 14.0. The van der Waals surface area contributed by atoms with E-state index in [0.29, 0.717) is 27.3 Å². The van der Waals surface area contributed by atoms with E-state index in [2.05, 4.69) is 10.5 Å². The number of hydrogen-bond acceptors (Lipinski definition) is 4. The molecular formula is C18H12Cl2N2O3. The van der Waals surface area contributed by atoms with Crippen molar-refractivity contribution in [2.24, 2.45) is 5.10 Å². The van der Waals surface area contributed by atoms with Gasteiger partial charge in [0.2, 0.25) is 0 Å². The number of hydrogen-bond donors (Lipinski definition) is 2. The first-order valence-electron chi connectivity index (χ1n) is 7.20. The summed E-state index contributed by atoms with van der Waals surface area (Å²) in [6.07, 6.45) is 1.51. The van der Waals surface area contributed by atoms with Crippen molar-refractivity contribution >= 4 is 41.1 Å². The fraction of sp³-hybridized carbons (Fsp3) is 0. The number of nitrogens with zero attached hydrogens (tertiary/aromatic N) is 1. The maximum absolute atomic E-state index is 10.8. The summed E-state index contributed by atoms with van der Waals surface area (Å²) in [5.41, 5.74) is 4.41. The van der Waals surface area contributed by atoms with Crippen LogP contribution in [0.25, 0.3) is 11.3 Å². The van der Waals surface area contributed by atoms with E-state index in [-0.39, 0.29) is 5.56 Å². The van der Waals surface area contributed by atoms with E-state index in [1.807, 2.05) is 0 Å². The molecule has 0 spiro atoms. The molecule has 3 rings (SSSR count). The van der Waals surface area contributed by atoms with Crippen LogP contribution in [0, 0.1) is 0 Å². The molecule has 126 valence electrons. The van der Waals surface area contributed by atoms with Crippen LogP contribution in [-0.2, 0) is 0 Å². The van der Waals surface area contributed by atoms with Crippen molar-refractivity contribution in [1.29, 1.82) is 0 Å². The third kappa shape index (κ3) is 4.21. The molecule has 0 saturated carbocycles. The lowest BCUT2D eigenvalue weighted by molar-refractivity contribution is 0.0697. The number of anilines is 1. The molecule has 0 aliphatic heterocycles. The molecule has 5 nitrogen and oxygen atoms in total. The zero-order valence-electron chi connectivity index (χ0n) is 12.7. The Labute approximate surface area is 153 Å². The minimum atomic E-state index is -0.973. The summed E-state index contributed by atoms with van der Waals surface area (Å²) < 4.78 is 5.68. The third-order valence-electron chi connectivity index (χ3n) is 3.34. The first-order valence-corrected chi connectivity index (χ1v) is 7.96. The highest BCUT2D eigenvalue weighted by Gasteiger charge is 2.08. The highest BCUT2D eigenvalue weighted by molar-refractivity contribution is 6.36. The van der Waals surface area contributed by atoms with Gasteiger partial charge in [-0.3, -0.25) is 5.43 Å². The number of carbonyl (C=O) groups is 1. The first-order chi connectivity index (χ1) is 12.0. The van der Waals surface area contributed by atoms with E-state index < -0.39 is 5.97 Å². The van der Waals surface area contributed by atoms with Gasteiger partial charge in [0.05, 0.1) is 22.5 Å². The number of rotatable bonds is 5. The van der Waals surface area contributed by atoms with Gasteiger partial charge in [-0.15, -0.1) is 0 Å². The fourth-order valence-electron chi connectivity index (χ4n) is 2.11. The van der Waals surface area contributed by atoms with Gasteiger partial charge in [-0.25, -0.2) is 4.79 Å². The molecule has 0 fully saturated rings. The van der Waals surface area contributed by atoms with Crippen molar-refractivity contribution in [2.75, 3.05) is 5.43 Å². The van der Waals surface area contributed by atoms with Crippen LogP contribution in [0.1, 0.15) is 16.1 Å². The SMILES string of the molecule is O=C(O)c1ccc(N/N=C/c2ccc(-c3ccc(Cl)cc3Cl)o2)cc1. The molecule has 1 aromatic heterocycles. The van der Waals surface area contributed by atoms with E-state index in [0.717, 1.165) is 5.56 Å². The topological polar surface area (TPSA) is 74.8 Å². The molecule has 2 N–H and O–H groups in total. The molecule has 2 aromatic carbocycles. The summed E-state index contributed by atoms with van der Waals surface area (Å²) in [6.45, 7) is 0. The maximum atomic E-state index is 10.8. The molecule has 0 aliphatic carbocycles. The van der Waals surface area contributed by atoms with Crippen molar-refractivity contribution in [3.8, 4) is 11.3 Å². The molecule has 3 aromatic rings. The Morgan fingerprint density at radius 2 is 1.84 bits per heavy atom. The second kappa shape index (κ2) is 7.42. The summed E-state index contributed by atoms with van der Waals surface area (Å²) in [7, 11) is 0. The number of halogens is 2. The monoisotopic (exact) mass is 374 g/mol. The Bertz CT molecular complexity index is 934. The number of furan rings is 1. The van der Waals surface area contributed by atoms with E-state index >= 15 is 0 Å². The molecule has 0 radical (unpaired) electrons. The summed E-state index contributed by atoms with van der Waals surface area (Å²) >= 11 is 12.0. The highest BCUT2D eigenvalue weighted by Crippen LogP contribution is 2.31. The predicted molar refractivity (Wildman–Crippen MR) is 98.8 cm³/mol. The lowest BCUT2D eigenvalue weighted by Crippen LogP contribution is -1.96. The van der Waals surface area contributed by atoms with Crippen molar-refractivity contribution in [2.45, 2.75) is 0 Å². The summed E-state index contributed by atoms with van der Waals surface area (Å²) in [4.78, 5) is 10.8. The van der Waals surface area contributed by atoms with E-state index in [4.69, 9.17) is 32.7 Å². The lowest BCUT2D eigenvalue weighted by Gasteiger charge is -2.01. The van der Waals surface area contributed by atoms with Crippen LogP contribution >= 0.6 is 23.2 Å². The van der Waals surface area contributed by atoms with Crippen molar-refractivity contribution in [3.05, 3.63) is 76.0 Å². The number of aromatic carboxylic acids is 1. The number of benzene rings is 2. The molecule has 25 heavy (non-hydrogen) atoms. The van der Waals surface area contributed by atoms with Gasteiger partial charge in [0.15, 0.2) is 0 Å². The van der Waals surface area contributed by atoms with E-state index in [1.165, 1.54) is 18.3 Å². The number of carboxylic acid groups (broad SMARTS) is 1. The Balaban J connectivity index is 1.68. The van der Waals surface area contributed by atoms with Gasteiger partial charge in [-0.05, 0) is 54.6 Å². The van der Waals surface area contributed by atoms with Gasteiger partial charge in [0, 0.05) is 10.6 Å². The number of nitrogens with one attached hydrogen (secondary N) is 1. The standard InChI is InChI=1S/C18H12Cl2N2O3/c19-12-3-7-15(16(20)9-12)17-8-6-14(25-17)10-21-22-13-4-1-11(2-5-13)18(23)24/h1-10,22H,(H,23,24)/b21-10+. The number of hydrazone groups is 1. The van der Waals surface area contributed by atoms with Gasteiger partial charge >= 0.3 is 5.97 Å². The molecule has 0 aliphatic rings. The fourth-order valence-corrected chi connectivity index (χ4v) is 2.62. The van der Waals surface area contributed by atoms with E-state index in [9.17, 15) is 4.79 Å². The summed E-state index contributed by atoms with van der Waals surface area (Å²) in [5.74, 6) is 0.170. The zero-order chi connectivity index (χ0) is 17.8. The van der Waals surface area contributed by atoms with Crippen LogP contribution in [0.3, 0.4) is 0 Å². The largest absolute Gasteiger partial charge is 0.478 e. The van der Waals surface area contributed by atoms with Gasteiger partial charge in [0.25, 0.3) is 0 Å². The van der Waals surface area contributed by atoms with Crippen molar-refractivity contribution in [1.82, 2.24) is 0 Å². The maximum Gasteiger partial charge on any atom is 0.335 e. The Morgan fingerprint density at radius 1 is 1.08 bits per heavy atom. The van der Waals surface area contributed by atoms with Crippen LogP contribution in [0.4, 0.5) is 5.69 Å². The average Bonchev–Trinajstić information content (AvgIpc) is 3.04. The van der Waals surface area contributed by atoms with Crippen LogP contribution < -0.4 is 5.43 Å².